The van der Waals surface area contributed by atoms with Crippen LogP contribution in [0.1, 0.15) is 44.6 Å². The summed E-state index contributed by atoms with van der Waals surface area (Å²) in [6.07, 6.45) is 6.12. The molecule has 0 spiro atoms. The van der Waals surface area contributed by atoms with Crippen molar-refractivity contribution in [2.45, 2.75) is 46.0 Å². The van der Waals surface area contributed by atoms with Crippen LogP contribution in [0, 0.1) is 6.92 Å². The van der Waals surface area contributed by atoms with E-state index in [9.17, 15) is 4.79 Å². The van der Waals surface area contributed by atoms with Crippen LogP contribution in [0.15, 0.2) is 35.1 Å². The molecule has 2 aromatic heterocycles. The Morgan fingerprint density at radius 2 is 1.88 bits per heavy atom. The van der Waals surface area contributed by atoms with Gasteiger partial charge in [-0.2, -0.15) is 0 Å². The van der Waals surface area contributed by atoms with Crippen LogP contribution in [0.3, 0.4) is 0 Å². The Kier molecular flexibility index (Phi) is 5.87. The van der Waals surface area contributed by atoms with Crippen molar-refractivity contribution in [2.24, 2.45) is 0 Å². The molecule has 0 aliphatic rings. The fourth-order valence-electron chi connectivity index (χ4n) is 3.03. The van der Waals surface area contributed by atoms with Gasteiger partial charge < -0.3 is 5.32 Å². The summed E-state index contributed by atoms with van der Waals surface area (Å²) >= 11 is 1.58. The number of aryl methyl sites for hydroxylation is 1. The number of hydrogen-bond acceptors (Lipinski definition) is 4. The minimum atomic E-state index is -0.0607. The number of aromatic nitrogens is 2. The third-order valence-electron chi connectivity index (χ3n) is 4.41. The van der Waals surface area contributed by atoms with Crippen molar-refractivity contribution in [2.75, 3.05) is 11.9 Å². The number of H-pyrrole nitrogens is 1. The van der Waals surface area contributed by atoms with Crippen molar-refractivity contribution in [1.82, 2.24) is 9.97 Å². The maximum absolute atomic E-state index is 12.5. The van der Waals surface area contributed by atoms with Crippen LogP contribution in [-0.2, 0) is 0 Å². The molecule has 0 radical (unpaired) electrons. The number of nitrogens with zero attached hydrogens (tertiary/aromatic N) is 1. The smallest absolute Gasteiger partial charge is 0.261 e. The van der Waals surface area contributed by atoms with Crippen molar-refractivity contribution in [3.63, 3.8) is 0 Å². The molecule has 0 aliphatic carbocycles. The van der Waals surface area contributed by atoms with Gasteiger partial charge in [-0.25, -0.2) is 4.98 Å². The zero-order chi connectivity index (χ0) is 17.6. The molecular formula is C20H25N3OS. The minimum absolute atomic E-state index is 0.0607. The van der Waals surface area contributed by atoms with Gasteiger partial charge >= 0.3 is 0 Å². The molecule has 0 aliphatic heterocycles. The molecule has 0 amide bonds. The Balaban J connectivity index is 1.79. The predicted octanol–water partition coefficient (Wildman–Crippen LogP) is 5.34. The Morgan fingerprint density at radius 3 is 2.64 bits per heavy atom. The molecule has 3 rings (SSSR count). The van der Waals surface area contributed by atoms with Crippen LogP contribution < -0.4 is 10.9 Å². The first-order valence-electron chi connectivity index (χ1n) is 9.03. The fraction of sp³-hybridized carbons (Fsp3) is 0.400. The molecule has 132 valence electrons. The first kappa shape index (κ1) is 17.7. The number of thiophene rings is 1. The van der Waals surface area contributed by atoms with Gasteiger partial charge in [-0.05, 0) is 24.5 Å². The molecule has 25 heavy (non-hydrogen) atoms. The second-order valence-electron chi connectivity index (χ2n) is 6.36. The number of rotatable bonds is 8. The van der Waals surface area contributed by atoms with Crippen LogP contribution >= 0.6 is 11.3 Å². The average Bonchev–Trinajstić information content (AvgIpc) is 2.96. The molecule has 0 unspecified atom stereocenters. The predicted molar refractivity (Wildman–Crippen MR) is 108 cm³/mol. The summed E-state index contributed by atoms with van der Waals surface area (Å²) in [5, 5.41) is 3.97. The molecule has 3 aromatic rings. The van der Waals surface area contributed by atoms with Crippen LogP contribution in [-0.4, -0.2) is 16.5 Å². The normalized spacial score (nSPS) is 11.1. The van der Waals surface area contributed by atoms with Gasteiger partial charge in [0.1, 0.15) is 4.83 Å². The first-order chi connectivity index (χ1) is 12.2. The molecular weight excluding hydrogens is 330 g/mol. The largest absolute Gasteiger partial charge is 0.356 e. The number of aromatic amines is 1. The number of fused-ring (bicyclic) bond motifs is 1. The van der Waals surface area contributed by atoms with Gasteiger partial charge in [0.25, 0.3) is 5.56 Å². The highest BCUT2D eigenvalue weighted by Gasteiger charge is 2.15. The van der Waals surface area contributed by atoms with Crippen molar-refractivity contribution in [3.05, 3.63) is 46.2 Å². The quantitative estimate of drug-likeness (QED) is 0.536. The van der Waals surface area contributed by atoms with E-state index in [1.807, 2.05) is 25.1 Å². The first-order valence-corrected chi connectivity index (χ1v) is 9.85. The minimum Gasteiger partial charge on any atom is -0.356 e. The second kappa shape index (κ2) is 8.30. The van der Waals surface area contributed by atoms with Gasteiger partial charge in [-0.1, -0.05) is 62.9 Å². The molecule has 0 saturated carbocycles. The summed E-state index contributed by atoms with van der Waals surface area (Å²) in [5.41, 5.74) is 2.08. The van der Waals surface area contributed by atoms with E-state index in [0.29, 0.717) is 11.3 Å². The van der Waals surface area contributed by atoms with Crippen molar-refractivity contribution in [1.29, 1.82) is 0 Å². The van der Waals surface area contributed by atoms with Gasteiger partial charge in [0, 0.05) is 11.4 Å². The van der Waals surface area contributed by atoms with Crippen LogP contribution in [0.2, 0.25) is 0 Å². The lowest BCUT2D eigenvalue weighted by atomic mass is 10.1. The monoisotopic (exact) mass is 355 g/mol. The van der Waals surface area contributed by atoms with E-state index >= 15 is 0 Å². The number of nitrogens with one attached hydrogen (secondary N) is 2. The Hall–Kier alpha value is -2.14. The van der Waals surface area contributed by atoms with Crippen molar-refractivity contribution >= 4 is 27.5 Å². The maximum Gasteiger partial charge on any atom is 0.261 e. The average molecular weight is 356 g/mol. The number of anilines is 1. The molecule has 0 bridgehead atoms. The highest BCUT2D eigenvalue weighted by Crippen LogP contribution is 2.35. The molecule has 0 fully saturated rings. The lowest BCUT2D eigenvalue weighted by molar-refractivity contribution is 0.644. The summed E-state index contributed by atoms with van der Waals surface area (Å²) in [5.74, 6) is 0.578. The summed E-state index contributed by atoms with van der Waals surface area (Å²) in [4.78, 5) is 21.9. The molecule has 1 aromatic carbocycles. The Labute approximate surface area is 152 Å². The summed E-state index contributed by atoms with van der Waals surface area (Å²) in [6.45, 7) is 5.06. The van der Waals surface area contributed by atoms with E-state index in [2.05, 4.69) is 34.3 Å². The second-order valence-corrected chi connectivity index (χ2v) is 7.36. The van der Waals surface area contributed by atoms with Crippen molar-refractivity contribution in [3.8, 4) is 10.4 Å². The lowest BCUT2D eigenvalue weighted by Crippen LogP contribution is -2.13. The van der Waals surface area contributed by atoms with Gasteiger partial charge in [0.05, 0.1) is 5.39 Å². The SMILES string of the molecule is CCCCCCCNc1nc2sc(-c3ccccc3)c(C)c2c(=O)[nH]1. The topological polar surface area (TPSA) is 57.8 Å². The Bertz CT molecular complexity index is 883. The fourth-order valence-corrected chi connectivity index (χ4v) is 4.22. The molecule has 5 heteroatoms. The van der Waals surface area contributed by atoms with Crippen LogP contribution in [0.4, 0.5) is 5.95 Å². The lowest BCUT2D eigenvalue weighted by Gasteiger charge is -2.05. The maximum atomic E-state index is 12.5. The third-order valence-corrected chi connectivity index (χ3v) is 5.64. The van der Waals surface area contributed by atoms with Crippen molar-refractivity contribution < 1.29 is 0 Å². The molecule has 2 heterocycles. The zero-order valence-corrected chi connectivity index (χ0v) is 15.7. The molecule has 4 nitrogen and oxygen atoms in total. The van der Waals surface area contributed by atoms with E-state index in [0.717, 1.165) is 33.8 Å². The van der Waals surface area contributed by atoms with E-state index in [-0.39, 0.29) is 5.56 Å². The summed E-state index contributed by atoms with van der Waals surface area (Å²) in [7, 11) is 0. The van der Waals surface area contributed by atoms with E-state index < -0.39 is 0 Å². The zero-order valence-electron chi connectivity index (χ0n) is 14.9. The number of benzene rings is 1. The van der Waals surface area contributed by atoms with E-state index in [1.54, 1.807) is 11.3 Å². The highest BCUT2D eigenvalue weighted by atomic mass is 32.1. The molecule has 0 saturated heterocycles. The highest BCUT2D eigenvalue weighted by molar-refractivity contribution is 7.22. The summed E-state index contributed by atoms with van der Waals surface area (Å²) < 4.78 is 0. The van der Waals surface area contributed by atoms with Gasteiger partial charge in [0.15, 0.2) is 0 Å². The third kappa shape index (κ3) is 4.10. The van der Waals surface area contributed by atoms with E-state index in [4.69, 9.17) is 0 Å². The van der Waals surface area contributed by atoms with Crippen LogP contribution in [0.5, 0.6) is 0 Å². The molecule has 0 atom stereocenters. The standard InChI is InChI=1S/C20H25N3OS/c1-3-4-5-6-10-13-21-20-22-18(24)16-14(2)17(25-19(16)23-20)15-11-8-7-9-12-15/h7-9,11-12H,3-6,10,13H2,1-2H3,(H2,21,22,23,24). The Morgan fingerprint density at radius 1 is 1.12 bits per heavy atom. The van der Waals surface area contributed by atoms with E-state index in [1.165, 1.54) is 25.7 Å². The van der Waals surface area contributed by atoms with Gasteiger partial charge in [-0.15, -0.1) is 11.3 Å². The number of hydrogen-bond donors (Lipinski definition) is 2. The summed E-state index contributed by atoms with van der Waals surface area (Å²) in [6, 6.07) is 10.2. The number of unbranched alkanes of at least 4 members (excludes halogenated alkanes) is 4. The van der Waals surface area contributed by atoms with Gasteiger partial charge in [-0.3, -0.25) is 9.78 Å². The van der Waals surface area contributed by atoms with Gasteiger partial charge in [0.2, 0.25) is 5.95 Å². The molecule has 2 N–H and O–H groups in total. The van der Waals surface area contributed by atoms with Crippen LogP contribution in [0.25, 0.3) is 20.7 Å².